The average molecular weight is 748 g/mol. The quantitative estimate of drug-likeness (QED) is 0.0597. The lowest BCUT2D eigenvalue weighted by Gasteiger charge is -2.32. The number of cyclic esters (lactones) is 1. The number of esters is 2. The number of hydrogen-bond acceptors (Lipinski definition) is 12. The lowest BCUT2D eigenvalue weighted by Crippen LogP contribution is -2.52. The van der Waals surface area contributed by atoms with Gasteiger partial charge in [0, 0.05) is 38.0 Å². The third kappa shape index (κ3) is 14.0. The van der Waals surface area contributed by atoms with Crippen molar-refractivity contribution in [1.29, 1.82) is 0 Å². The second kappa shape index (κ2) is 21.3. The fourth-order valence-corrected chi connectivity index (χ4v) is 6.74. The molecule has 13 nitrogen and oxygen atoms in total. The van der Waals surface area contributed by atoms with Gasteiger partial charge < -0.3 is 49.4 Å². The van der Waals surface area contributed by atoms with Crippen molar-refractivity contribution in [2.75, 3.05) is 14.2 Å². The summed E-state index contributed by atoms with van der Waals surface area (Å²) < 4.78 is 28.7. The Morgan fingerprint density at radius 2 is 1.85 bits per heavy atom. The molecule has 5 N–H and O–H groups in total. The molecule has 53 heavy (non-hydrogen) atoms. The molecule has 0 aliphatic carbocycles. The molecule has 0 radical (unpaired) electrons. The van der Waals surface area contributed by atoms with Crippen LogP contribution in [0.15, 0.2) is 60.2 Å². The van der Waals surface area contributed by atoms with Crippen molar-refractivity contribution in [2.45, 2.75) is 135 Å². The second-order valence-electron chi connectivity index (χ2n) is 14.3. The number of ether oxygens (including phenoxy) is 5. The molecule has 2 aliphatic rings. The van der Waals surface area contributed by atoms with Crippen LogP contribution in [0.4, 0.5) is 0 Å². The molecule has 1 aromatic carbocycles. The first-order valence-corrected chi connectivity index (χ1v) is 18.1. The largest absolute Gasteiger partial charge is 0.496 e. The van der Waals surface area contributed by atoms with E-state index < -0.39 is 47.5 Å². The molecular weight excluding hydrogens is 686 g/mol. The van der Waals surface area contributed by atoms with Crippen molar-refractivity contribution in [2.24, 2.45) is 11.8 Å². The van der Waals surface area contributed by atoms with E-state index in [4.69, 9.17) is 33.6 Å². The predicted octanol–water partition coefficient (Wildman–Crippen LogP) is 4.27. The Morgan fingerprint density at radius 3 is 2.45 bits per heavy atom. The number of methoxy groups -OCH3 is 2. The van der Waals surface area contributed by atoms with Gasteiger partial charge in [-0.05, 0) is 57.7 Å². The Bertz CT molecular complexity index is 1400. The van der Waals surface area contributed by atoms with E-state index in [1.54, 1.807) is 58.4 Å². The van der Waals surface area contributed by atoms with Gasteiger partial charge >= 0.3 is 11.9 Å². The minimum atomic E-state index is -1.46. The van der Waals surface area contributed by atoms with E-state index in [-0.39, 0.29) is 55.9 Å². The molecule has 13 heteroatoms. The number of rotatable bonds is 14. The minimum Gasteiger partial charge on any atom is -0.496 e. The summed E-state index contributed by atoms with van der Waals surface area (Å²) in [4.78, 5) is 33.1. The fourth-order valence-electron chi connectivity index (χ4n) is 6.74. The number of carboxylic acid groups (broad SMARTS) is 1. The van der Waals surface area contributed by atoms with Gasteiger partial charge in [0.25, 0.3) is 6.47 Å². The van der Waals surface area contributed by atoms with Crippen LogP contribution < -0.4 is 10.1 Å². The highest BCUT2D eigenvalue weighted by atomic mass is 16.6. The van der Waals surface area contributed by atoms with Gasteiger partial charge in [0.2, 0.25) is 0 Å². The van der Waals surface area contributed by atoms with Gasteiger partial charge in [-0.25, -0.2) is 0 Å². The number of benzene rings is 1. The van der Waals surface area contributed by atoms with Gasteiger partial charge in [-0.1, -0.05) is 63.3 Å². The number of hydrogen-bond donors (Lipinski definition) is 5. The number of aliphatic hydroxyl groups excluding tert-OH is 1. The van der Waals surface area contributed by atoms with Crippen LogP contribution >= 0.6 is 0 Å². The highest BCUT2D eigenvalue weighted by molar-refractivity contribution is 5.70. The maximum atomic E-state index is 12.9. The summed E-state index contributed by atoms with van der Waals surface area (Å²) in [5.41, 5.74) is -1.20. The lowest BCUT2D eigenvalue weighted by molar-refractivity contribution is -0.157. The summed E-state index contributed by atoms with van der Waals surface area (Å²) in [5, 5.41) is 44.0. The van der Waals surface area contributed by atoms with Crippen LogP contribution in [0, 0.1) is 11.8 Å². The van der Waals surface area contributed by atoms with Crippen LogP contribution in [0.2, 0.25) is 0 Å². The smallest absolute Gasteiger partial charge is 0.309 e. The van der Waals surface area contributed by atoms with Crippen molar-refractivity contribution in [3.05, 3.63) is 65.8 Å². The van der Waals surface area contributed by atoms with E-state index in [1.165, 1.54) is 6.92 Å². The third-order valence-electron chi connectivity index (χ3n) is 9.89. The minimum absolute atomic E-state index is 0.0205. The van der Waals surface area contributed by atoms with Crippen LogP contribution in [0.1, 0.15) is 79.7 Å². The lowest BCUT2D eigenvalue weighted by atomic mass is 9.87. The molecule has 1 saturated heterocycles. The summed E-state index contributed by atoms with van der Waals surface area (Å²) in [6.07, 6.45) is 6.27. The van der Waals surface area contributed by atoms with Crippen molar-refractivity contribution >= 4 is 18.4 Å². The fraction of sp³-hybridized carbons (Fsp3) is 0.625. The number of aliphatic hydroxyl groups is 3. The monoisotopic (exact) mass is 747 g/mol. The number of nitrogens with one attached hydrogen (secondary N) is 1. The zero-order valence-corrected chi connectivity index (χ0v) is 32.6. The van der Waals surface area contributed by atoms with Crippen molar-refractivity contribution in [3.8, 4) is 5.75 Å². The molecule has 11 atom stereocenters. The molecule has 1 fully saturated rings. The molecule has 0 amide bonds. The Balaban J connectivity index is 0.00000313. The molecule has 298 valence electrons. The Labute approximate surface area is 314 Å². The summed E-state index contributed by atoms with van der Waals surface area (Å²) in [6.45, 7) is 12.6. The SMILES string of the molecule is CC[C@H](OC)[C@@H](C)[C@H]1O[C@@H]1C(NCc1ccccc1OC)C(C)(O)/C=C/C=C(\C)[C@@H]1OC(=O)C[C@H](O)CC[C@@](C)(O)[C@@H](OC(C)=O)/C=C/[C@@H]1C.O=CO. The number of epoxide rings is 1. The van der Waals surface area contributed by atoms with Crippen molar-refractivity contribution in [1.82, 2.24) is 5.32 Å². The molecule has 2 unspecified atom stereocenters. The predicted molar refractivity (Wildman–Crippen MR) is 199 cm³/mol. The third-order valence-corrected chi connectivity index (χ3v) is 9.89. The number of carbonyl (C=O) groups is 3. The first-order chi connectivity index (χ1) is 25.0. The first kappa shape index (κ1) is 45.6. The zero-order valence-electron chi connectivity index (χ0n) is 32.6. The highest BCUT2D eigenvalue weighted by Crippen LogP contribution is 2.39. The van der Waals surface area contributed by atoms with Crippen molar-refractivity contribution in [3.63, 3.8) is 0 Å². The number of carbonyl (C=O) groups excluding carboxylic acids is 2. The van der Waals surface area contributed by atoms with Gasteiger partial charge in [0.05, 0.1) is 43.5 Å². The van der Waals surface area contributed by atoms with Crippen LogP contribution in [0.5, 0.6) is 5.75 Å². The summed E-state index contributed by atoms with van der Waals surface area (Å²) in [6, 6.07) is 7.22. The maximum absolute atomic E-state index is 12.9. The van der Waals surface area contributed by atoms with Crippen LogP contribution in [-0.4, -0.2) is 107 Å². The maximum Gasteiger partial charge on any atom is 0.309 e. The van der Waals surface area contributed by atoms with Gasteiger partial charge in [-0.3, -0.25) is 14.4 Å². The summed E-state index contributed by atoms with van der Waals surface area (Å²) in [7, 11) is 3.33. The molecule has 0 bridgehead atoms. The standard InChI is InChI=1S/C39H59NO10.CH2O2/c1-10-30(46-8)26(4)35-36(50-35)37(40-23-28-15-11-12-16-31(28)47-9)39(7,45)20-13-14-24(2)34-25(3)17-18-32(48-27(5)41)38(6,44)21-19-29(42)22-33(43)49-34;2-1-3/h11-18,20,25-26,29-30,32,34-37,40,42,44-45H,10,19,21-23H2,1-9H3;1H,(H,2,3)/b18-17+,20-13+,24-14+;/t25-,26+,29+,30-,32-,34-,35+,36-,37?,38+,39?;/m0./s1. The van der Waals surface area contributed by atoms with E-state index >= 15 is 0 Å². The summed E-state index contributed by atoms with van der Waals surface area (Å²) in [5.74, 6) is -0.658. The molecule has 2 aliphatic heterocycles. The van der Waals surface area contributed by atoms with Gasteiger partial charge in [-0.15, -0.1) is 0 Å². The van der Waals surface area contributed by atoms with Gasteiger partial charge in [0.1, 0.15) is 29.7 Å². The van der Waals surface area contributed by atoms with E-state index in [0.717, 1.165) is 17.7 Å². The first-order valence-electron chi connectivity index (χ1n) is 18.1. The van der Waals surface area contributed by atoms with Crippen molar-refractivity contribution < 1.29 is 58.5 Å². The number of allylic oxidation sites excluding steroid dienone is 2. The van der Waals surface area contributed by atoms with E-state index in [9.17, 15) is 24.9 Å². The molecule has 0 aromatic heterocycles. The Morgan fingerprint density at radius 1 is 1.19 bits per heavy atom. The number of para-hydroxylation sites is 1. The Hall–Kier alpha value is -3.59. The van der Waals surface area contributed by atoms with Gasteiger partial charge in [0.15, 0.2) is 0 Å². The van der Waals surface area contributed by atoms with Crippen LogP contribution in [0.3, 0.4) is 0 Å². The van der Waals surface area contributed by atoms with E-state index in [2.05, 4.69) is 19.2 Å². The zero-order chi connectivity index (χ0) is 39.9. The molecular formula is C40H61NO12. The average Bonchev–Trinajstić information content (AvgIpc) is 3.88. The normalized spacial score (nSPS) is 30.1. The molecule has 0 spiro atoms. The van der Waals surface area contributed by atoms with Gasteiger partial charge in [-0.2, -0.15) is 0 Å². The van der Waals surface area contributed by atoms with E-state index in [1.807, 2.05) is 38.1 Å². The molecule has 1 aromatic rings. The highest BCUT2D eigenvalue weighted by Gasteiger charge is 2.54. The topological polar surface area (TPSA) is 194 Å². The molecule has 2 heterocycles. The second-order valence-corrected chi connectivity index (χ2v) is 14.3. The van der Waals surface area contributed by atoms with Crippen LogP contribution in [0.25, 0.3) is 0 Å². The molecule has 0 saturated carbocycles. The van der Waals surface area contributed by atoms with E-state index in [0.29, 0.717) is 12.1 Å². The summed E-state index contributed by atoms with van der Waals surface area (Å²) >= 11 is 0. The Kier molecular flexibility index (Phi) is 18.3. The van der Waals surface area contributed by atoms with Crippen LogP contribution in [-0.2, 0) is 39.9 Å². The molecule has 3 rings (SSSR count).